The molecule has 2 rings (SSSR count). The average Bonchev–Trinajstić information content (AvgIpc) is 2.41. The summed E-state index contributed by atoms with van der Waals surface area (Å²) in [4.78, 5) is 0. The Morgan fingerprint density at radius 2 is 2.00 bits per heavy atom. The fraction of sp³-hybridized carbons (Fsp3) is 0.571. The molecule has 1 saturated carbocycles. The standard InChI is InChI=1S/C14H17F4NO/c15-11-5-1-2-6-12(11)19-13(9-20)7-3-4-10(8-13)14(16,17)18/h1-2,5-6,10,19-20H,3-4,7-9H2. The Balaban J connectivity index is 2.19. The quantitative estimate of drug-likeness (QED) is 0.832. The van der Waals surface area contributed by atoms with Gasteiger partial charge in [0.25, 0.3) is 0 Å². The number of nitrogens with one attached hydrogen (secondary N) is 1. The van der Waals surface area contributed by atoms with E-state index in [0.29, 0.717) is 12.8 Å². The number of aliphatic hydroxyl groups excluding tert-OH is 1. The number of anilines is 1. The molecule has 1 aliphatic rings. The number of alkyl halides is 3. The van der Waals surface area contributed by atoms with E-state index in [1.807, 2.05) is 0 Å². The lowest BCUT2D eigenvalue weighted by Crippen LogP contribution is -2.49. The molecule has 2 unspecified atom stereocenters. The van der Waals surface area contributed by atoms with Crippen LogP contribution in [0.4, 0.5) is 23.2 Å². The van der Waals surface area contributed by atoms with Crippen molar-refractivity contribution in [3.63, 3.8) is 0 Å². The van der Waals surface area contributed by atoms with Crippen molar-refractivity contribution in [3.05, 3.63) is 30.1 Å². The highest BCUT2D eigenvalue weighted by Gasteiger charge is 2.47. The molecule has 0 saturated heterocycles. The van der Waals surface area contributed by atoms with Crippen LogP contribution < -0.4 is 5.32 Å². The lowest BCUT2D eigenvalue weighted by atomic mass is 9.75. The van der Waals surface area contributed by atoms with Gasteiger partial charge in [0.2, 0.25) is 0 Å². The highest BCUT2D eigenvalue weighted by atomic mass is 19.4. The number of halogens is 4. The van der Waals surface area contributed by atoms with E-state index in [9.17, 15) is 22.7 Å². The summed E-state index contributed by atoms with van der Waals surface area (Å²) < 4.78 is 52.2. The fourth-order valence-electron chi connectivity index (χ4n) is 2.79. The first-order chi connectivity index (χ1) is 9.36. The van der Waals surface area contributed by atoms with Crippen LogP contribution in [0.5, 0.6) is 0 Å². The Hall–Kier alpha value is -1.30. The van der Waals surface area contributed by atoms with Gasteiger partial charge in [-0.25, -0.2) is 4.39 Å². The van der Waals surface area contributed by atoms with E-state index in [0.717, 1.165) is 0 Å². The van der Waals surface area contributed by atoms with Crippen LogP contribution in [0, 0.1) is 11.7 Å². The molecule has 0 radical (unpaired) electrons. The third-order valence-corrected chi connectivity index (χ3v) is 3.88. The molecule has 6 heteroatoms. The van der Waals surface area contributed by atoms with Crippen molar-refractivity contribution in [1.82, 2.24) is 0 Å². The van der Waals surface area contributed by atoms with E-state index >= 15 is 0 Å². The molecule has 0 bridgehead atoms. The zero-order valence-electron chi connectivity index (χ0n) is 10.9. The van der Waals surface area contributed by atoms with Gasteiger partial charge in [0.05, 0.1) is 23.8 Å². The molecule has 1 aromatic rings. The molecule has 20 heavy (non-hydrogen) atoms. The van der Waals surface area contributed by atoms with Gasteiger partial charge in [-0.2, -0.15) is 13.2 Å². The molecule has 1 aliphatic carbocycles. The Morgan fingerprint density at radius 3 is 2.60 bits per heavy atom. The van der Waals surface area contributed by atoms with E-state index in [-0.39, 0.29) is 18.5 Å². The van der Waals surface area contributed by atoms with E-state index in [2.05, 4.69) is 5.32 Å². The van der Waals surface area contributed by atoms with Gasteiger partial charge in [0.15, 0.2) is 0 Å². The lowest BCUT2D eigenvalue weighted by Gasteiger charge is -2.41. The normalized spacial score (nSPS) is 27.4. The summed E-state index contributed by atoms with van der Waals surface area (Å²) in [7, 11) is 0. The minimum Gasteiger partial charge on any atom is -0.394 e. The Morgan fingerprint density at radius 1 is 1.30 bits per heavy atom. The van der Waals surface area contributed by atoms with Gasteiger partial charge in [0.1, 0.15) is 5.82 Å². The second-order valence-corrected chi connectivity index (χ2v) is 5.38. The first kappa shape index (κ1) is 15.1. The van der Waals surface area contributed by atoms with Gasteiger partial charge < -0.3 is 10.4 Å². The third-order valence-electron chi connectivity index (χ3n) is 3.88. The summed E-state index contributed by atoms with van der Waals surface area (Å²) in [6.45, 7) is -0.450. The Bertz CT molecular complexity index is 463. The number of hydrogen-bond donors (Lipinski definition) is 2. The van der Waals surface area contributed by atoms with Gasteiger partial charge in [-0.3, -0.25) is 0 Å². The van der Waals surface area contributed by atoms with Crippen LogP contribution in [-0.4, -0.2) is 23.4 Å². The molecular formula is C14H17F4NO. The number of para-hydroxylation sites is 1. The van der Waals surface area contributed by atoms with Gasteiger partial charge >= 0.3 is 6.18 Å². The van der Waals surface area contributed by atoms with E-state index in [4.69, 9.17) is 0 Å². The van der Waals surface area contributed by atoms with Crippen LogP contribution in [0.1, 0.15) is 25.7 Å². The van der Waals surface area contributed by atoms with Gasteiger partial charge in [-0.1, -0.05) is 18.6 Å². The summed E-state index contributed by atoms with van der Waals surface area (Å²) in [5, 5.41) is 12.3. The molecule has 0 aliphatic heterocycles. The predicted octanol–water partition coefficient (Wildman–Crippen LogP) is 3.72. The van der Waals surface area contributed by atoms with Crippen LogP contribution in [0.25, 0.3) is 0 Å². The lowest BCUT2D eigenvalue weighted by molar-refractivity contribution is -0.187. The number of benzene rings is 1. The van der Waals surface area contributed by atoms with Crippen LogP contribution in [0.3, 0.4) is 0 Å². The molecule has 1 aromatic carbocycles. The van der Waals surface area contributed by atoms with Gasteiger partial charge in [-0.05, 0) is 31.4 Å². The summed E-state index contributed by atoms with van der Waals surface area (Å²) in [5.41, 5.74) is -0.981. The fourth-order valence-corrected chi connectivity index (χ4v) is 2.79. The molecule has 0 heterocycles. The van der Waals surface area contributed by atoms with E-state index in [1.165, 1.54) is 18.2 Å². The summed E-state index contributed by atoms with van der Waals surface area (Å²) in [5.74, 6) is -1.99. The maximum atomic E-state index is 13.6. The highest BCUT2D eigenvalue weighted by Crippen LogP contribution is 2.43. The molecule has 2 N–H and O–H groups in total. The predicted molar refractivity (Wildman–Crippen MR) is 67.9 cm³/mol. The van der Waals surface area contributed by atoms with Crippen molar-refractivity contribution < 1.29 is 22.7 Å². The molecule has 0 aromatic heterocycles. The van der Waals surface area contributed by atoms with Crippen LogP contribution >= 0.6 is 0 Å². The second kappa shape index (κ2) is 5.60. The summed E-state index contributed by atoms with van der Waals surface area (Å²) in [6.07, 6.45) is -3.71. The van der Waals surface area contributed by atoms with Gasteiger partial charge in [0, 0.05) is 0 Å². The van der Waals surface area contributed by atoms with Crippen molar-refractivity contribution in [2.24, 2.45) is 5.92 Å². The number of aliphatic hydroxyl groups is 1. The largest absolute Gasteiger partial charge is 0.394 e. The topological polar surface area (TPSA) is 32.3 Å². The highest BCUT2D eigenvalue weighted by molar-refractivity contribution is 5.47. The Kier molecular flexibility index (Phi) is 4.22. The van der Waals surface area contributed by atoms with Crippen LogP contribution in [-0.2, 0) is 0 Å². The minimum absolute atomic E-state index is 0.0597. The van der Waals surface area contributed by atoms with E-state index in [1.54, 1.807) is 6.07 Å². The first-order valence-corrected chi connectivity index (χ1v) is 6.57. The first-order valence-electron chi connectivity index (χ1n) is 6.57. The average molecular weight is 291 g/mol. The molecule has 0 amide bonds. The zero-order valence-corrected chi connectivity index (χ0v) is 10.9. The minimum atomic E-state index is -4.28. The smallest absolute Gasteiger partial charge is 0.391 e. The van der Waals surface area contributed by atoms with Crippen molar-refractivity contribution in [2.45, 2.75) is 37.4 Å². The molecule has 0 spiro atoms. The molecule has 2 atom stereocenters. The Labute approximate surface area is 114 Å². The monoisotopic (exact) mass is 291 g/mol. The maximum Gasteiger partial charge on any atom is 0.391 e. The van der Waals surface area contributed by atoms with Crippen LogP contribution in [0.15, 0.2) is 24.3 Å². The number of hydrogen-bond acceptors (Lipinski definition) is 2. The third kappa shape index (κ3) is 3.23. The number of rotatable bonds is 3. The van der Waals surface area contributed by atoms with Gasteiger partial charge in [-0.15, -0.1) is 0 Å². The van der Waals surface area contributed by atoms with Crippen LogP contribution in [0.2, 0.25) is 0 Å². The van der Waals surface area contributed by atoms with Crippen molar-refractivity contribution in [1.29, 1.82) is 0 Å². The van der Waals surface area contributed by atoms with E-state index < -0.39 is 30.1 Å². The molecule has 2 nitrogen and oxygen atoms in total. The zero-order chi connectivity index (χ0) is 14.8. The second-order valence-electron chi connectivity index (χ2n) is 5.38. The molecule has 112 valence electrons. The maximum absolute atomic E-state index is 13.6. The molecule has 1 fully saturated rings. The summed E-state index contributed by atoms with van der Waals surface area (Å²) >= 11 is 0. The molecular weight excluding hydrogens is 274 g/mol. The summed E-state index contributed by atoms with van der Waals surface area (Å²) in [6, 6.07) is 5.80. The van der Waals surface area contributed by atoms with Crippen molar-refractivity contribution >= 4 is 5.69 Å². The van der Waals surface area contributed by atoms with Crippen molar-refractivity contribution in [3.8, 4) is 0 Å². The van der Waals surface area contributed by atoms with Crippen molar-refractivity contribution in [2.75, 3.05) is 11.9 Å². The SMILES string of the molecule is OCC1(Nc2ccccc2F)CCCC(C(F)(F)F)C1.